The third-order valence-corrected chi connectivity index (χ3v) is 5.68. The molecule has 0 radical (unpaired) electrons. The van der Waals surface area contributed by atoms with Gasteiger partial charge in [-0.15, -0.1) is 0 Å². The van der Waals surface area contributed by atoms with E-state index in [0.717, 1.165) is 35.2 Å². The molecule has 2 aromatic carbocycles. The molecule has 0 aromatic heterocycles. The minimum absolute atomic E-state index is 0.0875. The Bertz CT molecular complexity index is 984. The van der Waals surface area contributed by atoms with Crippen molar-refractivity contribution in [2.75, 3.05) is 31.6 Å². The monoisotopic (exact) mass is 453 g/mol. The van der Waals surface area contributed by atoms with E-state index in [-0.39, 0.29) is 37.5 Å². The van der Waals surface area contributed by atoms with Gasteiger partial charge in [0.05, 0.1) is 12.5 Å². The predicted molar refractivity (Wildman–Crippen MR) is 125 cm³/mol. The van der Waals surface area contributed by atoms with Crippen LogP contribution in [0, 0.1) is 13.8 Å². The van der Waals surface area contributed by atoms with E-state index in [4.69, 9.17) is 15.2 Å². The molecule has 0 bridgehead atoms. The molecule has 1 unspecified atom stereocenters. The third kappa shape index (κ3) is 7.32. The number of carbonyl (C=O) groups is 3. The number of rotatable bonds is 10. The molecule has 176 valence electrons. The largest absolute Gasteiger partial charge is 0.484 e. The topological polar surface area (TPSA) is 111 Å². The van der Waals surface area contributed by atoms with Crippen LogP contribution in [0.15, 0.2) is 42.5 Å². The van der Waals surface area contributed by atoms with Gasteiger partial charge < -0.3 is 25.4 Å². The maximum Gasteiger partial charge on any atom is 0.261 e. The third-order valence-electron chi connectivity index (χ3n) is 5.68. The minimum Gasteiger partial charge on any atom is -0.484 e. The van der Waals surface area contributed by atoms with Crippen LogP contribution >= 0.6 is 0 Å². The highest BCUT2D eigenvalue weighted by Crippen LogP contribution is 2.19. The average Bonchev–Trinajstić information content (AvgIpc) is 3.28. The summed E-state index contributed by atoms with van der Waals surface area (Å²) in [7, 11) is 0. The van der Waals surface area contributed by atoms with Crippen LogP contribution < -0.4 is 15.8 Å². The van der Waals surface area contributed by atoms with Gasteiger partial charge in [-0.05, 0) is 61.6 Å². The van der Waals surface area contributed by atoms with Crippen LogP contribution in [0.1, 0.15) is 29.5 Å². The molecule has 1 aliphatic heterocycles. The van der Waals surface area contributed by atoms with Crippen molar-refractivity contribution in [1.82, 2.24) is 4.90 Å². The molecule has 2 aromatic rings. The van der Waals surface area contributed by atoms with Gasteiger partial charge in [-0.3, -0.25) is 14.4 Å². The van der Waals surface area contributed by atoms with Crippen LogP contribution in [0.3, 0.4) is 0 Å². The van der Waals surface area contributed by atoms with Crippen LogP contribution in [0.25, 0.3) is 0 Å². The quantitative estimate of drug-likeness (QED) is 0.574. The second-order valence-electron chi connectivity index (χ2n) is 8.28. The van der Waals surface area contributed by atoms with E-state index in [1.54, 1.807) is 24.3 Å². The van der Waals surface area contributed by atoms with Crippen molar-refractivity contribution in [2.24, 2.45) is 5.73 Å². The zero-order valence-electron chi connectivity index (χ0n) is 19.1. The Balaban J connectivity index is 1.61. The van der Waals surface area contributed by atoms with Gasteiger partial charge >= 0.3 is 0 Å². The fourth-order valence-corrected chi connectivity index (χ4v) is 3.68. The summed E-state index contributed by atoms with van der Waals surface area (Å²) in [5, 5.41) is 2.90. The Morgan fingerprint density at radius 1 is 1.15 bits per heavy atom. The molecule has 1 aliphatic rings. The van der Waals surface area contributed by atoms with Gasteiger partial charge in [0.1, 0.15) is 12.3 Å². The summed E-state index contributed by atoms with van der Waals surface area (Å²) in [6, 6.07) is 12.5. The van der Waals surface area contributed by atoms with Gasteiger partial charge in [-0.2, -0.15) is 0 Å². The highest BCUT2D eigenvalue weighted by atomic mass is 16.5. The fraction of sp³-hybridized carbons (Fsp3) is 0.400. The second-order valence-corrected chi connectivity index (χ2v) is 8.28. The van der Waals surface area contributed by atoms with Crippen LogP contribution in [0.2, 0.25) is 0 Å². The molecule has 33 heavy (non-hydrogen) atoms. The summed E-state index contributed by atoms with van der Waals surface area (Å²) < 4.78 is 11.3. The number of nitrogens with one attached hydrogen (secondary N) is 1. The number of ether oxygens (including phenoxy) is 2. The van der Waals surface area contributed by atoms with E-state index in [1.807, 2.05) is 32.0 Å². The van der Waals surface area contributed by atoms with E-state index in [2.05, 4.69) is 5.32 Å². The Morgan fingerprint density at radius 2 is 1.91 bits per heavy atom. The molecular formula is C25H31N3O5. The first-order valence-corrected chi connectivity index (χ1v) is 11.1. The van der Waals surface area contributed by atoms with E-state index in [1.165, 1.54) is 4.90 Å². The lowest BCUT2D eigenvalue weighted by Crippen LogP contribution is -2.44. The van der Waals surface area contributed by atoms with Crippen LogP contribution in [-0.4, -0.2) is 55.0 Å². The summed E-state index contributed by atoms with van der Waals surface area (Å²) in [4.78, 5) is 38.2. The van der Waals surface area contributed by atoms with Gasteiger partial charge in [0.2, 0.25) is 11.8 Å². The maximum atomic E-state index is 12.9. The normalized spacial score (nSPS) is 15.2. The van der Waals surface area contributed by atoms with Crippen molar-refractivity contribution in [3.63, 3.8) is 0 Å². The summed E-state index contributed by atoms with van der Waals surface area (Å²) in [5.74, 6) is -0.495. The van der Waals surface area contributed by atoms with Gasteiger partial charge in [-0.1, -0.05) is 24.3 Å². The molecule has 8 nitrogen and oxygen atoms in total. The first-order chi connectivity index (χ1) is 15.8. The Hall–Kier alpha value is -3.39. The number of hydrogen-bond donors (Lipinski definition) is 2. The molecule has 8 heteroatoms. The molecule has 3 rings (SSSR count). The van der Waals surface area contributed by atoms with Crippen molar-refractivity contribution in [1.29, 1.82) is 0 Å². The van der Waals surface area contributed by atoms with Gasteiger partial charge in [0, 0.05) is 18.8 Å². The molecule has 0 aliphatic carbocycles. The van der Waals surface area contributed by atoms with Crippen molar-refractivity contribution >= 4 is 23.4 Å². The molecule has 3 amide bonds. The predicted octanol–water partition coefficient (Wildman–Crippen LogP) is 2.36. The van der Waals surface area contributed by atoms with Gasteiger partial charge in [0.15, 0.2) is 6.61 Å². The number of nitrogens with zero attached hydrogens (tertiary/aromatic N) is 1. The molecule has 3 N–H and O–H groups in total. The molecule has 0 saturated carbocycles. The summed E-state index contributed by atoms with van der Waals surface area (Å²) in [6.07, 6.45) is 1.85. The Morgan fingerprint density at radius 3 is 2.58 bits per heavy atom. The standard InChI is InChI=1S/C25H31N3O5/c1-17-5-3-7-22(18(17)2)27-24(30)15-28(14-21-6-4-12-32-21)25(31)16-33-20-10-8-19(9-11-20)13-23(26)29/h3,5,7-11,21H,4,6,12-16H2,1-2H3,(H2,26,29)(H,27,30). The highest BCUT2D eigenvalue weighted by molar-refractivity contribution is 5.95. The minimum atomic E-state index is -0.414. The van der Waals surface area contributed by atoms with E-state index >= 15 is 0 Å². The number of primary amides is 1. The summed E-state index contributed by atoms with van der Waals surface area (Å²) in [5.41, 5.74) is 8.77. The summed E-state index contributed by atoms with van der Waals surface area (Å²) in [6.45, 7) is 4.62. The molecule has 1 saturated heterocycles. The Kier molecular flexibility index (Phi) is 8.43. The van der Waals surface area contributed by atoms with Crippen molar-refractivity contribution in [2.45, 2.75) is 39.2 Å². The van der Waals surface area contributed by atoms with Crippen molar-refractivity contribution < 1.29 is 23.9 Å². The molecule has 0 spiro atoms. The number of nitrogens with two attached hydrogens (primary N) is 1. The lowest BCUT2D eigenvalue weighted by molar-refractivity contribution is -0.138. The number of amides is 3. The smallest absolute Gasteiger partial charge is 0.261 e. The van der Waals surface area contributed by atoms with Crippen molar-refractivity contribution in [3.8, 4) is 5.75 Å². The zero-order valence-corrected chi connectivity index (χ0v) is 19.1. The Labute approximate surface area is 194 Å². The molecular weight excluding hydrogens is 422 g/mol. The molecule has 1 heterocycles. The summed E-state index contributed by atoms with van der Waals surface area (Å²) >= 11 is 0. The van der Waals surface area contributed by atoms with Crippen molar-refractivity contribution in [3.05, 3.63) is 59.2 Å². The van der Waals surface area contributed by atoms with Gasteiger partial charge in [0.25, 0.3) is 5.91 Å². The van der Waals surface area contributed by atoms with Gasteiger partial charge in [-0.25, -0.2) is 0 Å². The lowest BCUT2D eigenvalue weighted by atomic mass is 10.1. The van der Waals surface area contributed by atoms with E-state index in [9.17, 15) is 14.4 Å². The number of aryl methyl sites for hydroxylation is 1. The van der Waals surface area contributed by atoms with Crippen LogP contribution in [-0.2, 0) is 25.5 Å². The lowest BCUT2D eigenvalue weighted by Gasteiger charge is -2.25. The van der Waals surface area contributed by atoms with Crippen LogP contribution in [0.4, 0.5) is 5.69 Å². The van der Waals surface area contributed by atoms with Crippen LogP contribution in [0.5, 0.6) is 5.75 Å². The fourth-order valence-electron chi connectivity index (χ4n) is 3.68. The first-order valence-electron chi connectivity index (χ1n) is 11.1. The van der Waals surface area contributed by atoms with E-state index < -0.39 is 5.91 Å². The number of benzene rings is 2. The number of anilines is 1. The number of carbonyl (C=O) groups excluding carboxylic acids is 3. The second kappa shape index (κ2) is 11.5. The zero-order chi connectivity index (χ0) is 23.8. The number of hydrogen-bond acceptors (Lipinski definition) is 5. The molecule has 1 fully saturated rings. The van der Waals surface area contributed by atoms with E-state index in [0.29, 0.717) is 18.9 Å². The first kappa shape index (κ1) is 24.3. The SMILES string of the molecule is Cc1cccc(NC(=O)CN(CC2CCCO2)C(=O)COc2ccc(CC(N)=O)cc2)c1C. The maximum absolute atomic E-state index is 12.9. The highest BCUT2D eigenvalue weighted by Gasteiger charge is 2.25. The molecule has 1 atom stereocenters. The average molecular weight is 454 g/mol.